The van der Waals surface area contributed by atoms with Gasteiger partial charge in [0.2, 0.25) is 0 Å². The molecule has 0 radical (unpaired) electrons. The Morgan fingerprint density at radius 2 is 0.830 bits per heavy atom. The van der Waals surface area contributed by atoms with Crippen LogP contribution >= 0.6 is 11.3 Å². The molecule has 0 bridgehead atoms. The van der Waals surface area contributed by atoms with Crippen LogP contribution in [0.15, 0.2) is 340 Å². The summed E-state index contributed by atoms with van der Waals surface area (Å²) in [5, 5.41) is 16.9. The molecule has 506 valence electrons. The third-order valence-electron chi connectivity index (χ3n) is 22.6. The topological polar surface area (TPSA) is 34.4 Å². The highest BCUT2D eigenvalue weighted by atomic mass is 32.1. The standard InChI is InChI=1S/C98H75BN4OSSi/c1-97(2,3)65-47-55-85-79(57-65)80-58-66(98(4,5)6)48-56-86(80)102(85)69-59-87-93-90(61-69)104-89-60-68(101-83-44-25-22-39-76(83)77-40-23-26-45-84(77)101)51-54-81(89)99(93)94-88(103(87)95-74(63-29-12-7-13-30-63)42-28-43-75(95)64-31-14-8-15-32-64)62-82(92-78-41-24-27-46-91(78)105-96(92)94)100-67-49-52-73(53-50-67)106(70-33-16-9-17-34-70,71-35-18-10-19-36-71)72-37-20-11-21-38-72/h7-62,100H,1-6H3. The van der Waals surface area contributed by atoms with Crippen molar-refractivity contribution >= 4 is 155 Å². The first-order chi connectivity index (χ1) is 51.8. The van der Waals surface area contributed by atoms with Crippen molar-refractivity contribution in [2.75, 3.05) is 10.2 Å². The van der Waals surface area contributed by atoms with Crippen LogP contribution in [0.4, 0.5) is 28.4 Å². The van der Waals surface area contributed by atoms with Crippen molar-refractivity contribution in [1.82, 2.24) is 9.13 Å². The molecule has 0 aliphatic carbocycles. The molecular formula is C98H75BN4OSSi. The number of nitrogens with one attached hydrogen (secondary N) is 1. The van der Waals surface area contributed by atoms with Crippen LogP contribution in [-0.4, -0.2) is 23.9 Å². The Morgan fingerprint density at radius 1 is 0.368 bits per heavy atom. The molecule has 15 aromatic carbocycles. The Balaban J connectivity index is 0.896. The number of hydrogen-bond donors (Lipinski definition) is 1. The highest BCUT2D eigenvalue weighted by Crippen LogP contribution is 2.53. The maximum absolute atomic E-state index is 7.94. The van der Waals surface area contributed by atoms with Crippen LogP contribution in [-0.2, 0) is 10.8 Å². The minimum Gasteiger partial charge on any atom is -0.458 e. The monoisotopic (exact) mass is 1390 g/mol. The van der Waals surface area contributed by atoms with Crippen molar-refractivity contribution < 1.29 is 4.74 Å². The lowest BCUT2D eigenvalue weighted by Gasteiger charge is -2.42. The molecule has 0 fully saturated rings. The fourth-order valence-corrected chi connectivity index (χ4v) is 23.7. The predicted molar refractivity (Wildman–Crippen MR) is 455 cm³/mol. The predicted octanol–water partition coefficient (Wildman–Crippen LogP) is 21.7. The van der Waals surface area contributed by atoms with Crippen LogP contribution < -0.4 is 52.1 Å². The molecule has 8 heteroatoms. The van der Waals surface area contributed by atoms with E-state index in [1.54, 1.807) is 0 Å². The lowest BCUT2D eigenvalue weighted by Crippen LogP contribution is -2.74. The first kappa shape index (κ1) is 63.5. The van der Waals surface area contributed by atoms with Crippen LogP contribution in [0, 0.1) is 0 Å². The van der Waals surface area contributed by atoms with Crippen molar-refractivity contribution in [2.45, 2.75) is 52.4 Å². The number of anilines is 5. The van der Waals surface area contributed by atoms with E-state index in [-0.39, 0.29) is 17.5 Å². The molecule has 2 aliphatic heterocycles. The van der Waals surface area contributed by atoms with Gasteiger partial charge in [0.05, 0.1) is 33.4 Å². The van der Waals surface area contributed by atoms with E-state index in [0.29, 0.717) is 0 Å². The Hall–Kier alpha value is -12.2. The molecule has 5 nitrogen and oxygen atoms in total. The van der Waals surface area contributed by atoms with E-state index < -0.39 is 8.07 Å². The van der Waals surface area contributed by atoms with Gasteiger partial charge in [-0.1, -0.05) is 296 Å². The molecular weight excluding hydrogens is 1320 g/mol. The van der Waals surface area contributed by atoms with Gasteiger partial charge in [0.1, 0.15) is 11.5 Å². The summed E-state index contributed by atoms with van der Waals surface area (Å²) < 4.78 is 15.3. The summed E-state index contributed by atoms with van der Waals surface area (Å²) in [4.78, 5) is 2.65. The third kappa shape index (κ3) is 9.95. The van der Waals surface area contributed by atoms with E-state index in [9.17, 15) is 0 Å². The molecule has 20 rings (SSSR count). The Bertz CT molecular complexity index is 6250. The van der Waals surface area contributed by atoms with Gasteiger partial charge in [-0.2, -0.15) is 0 Å². The third-order valence-corrected chi connectivity index (χ3v) is 28.6. The van der Waals surface area contributed by atoms with Gasteiger partial charge < -0.3 is 24.1 Å². The van der Waals surface area contributed by atoms with Gasteiger partial charge in [-0.05, 0) is 143 Å². The van der Waals surface area contributed by atoms with Gasteiger partial charge in [-0.3, -0.25) is 0 Å². The molecule has 18 aromatic rings. The summed E-state index contributed by atoms with van der Waals surface area (Å²) in [6.07, 6.45) is 0. The van der Waals surface area contributed by atoms with Crippen LogP contribution in [0.25, 0.3) is 97.4 Å². The molecule has 0 saturated heterocycles. The van der Waals surface area contributed by atoms with Gasteiger partial charge in [-0.25, -0.2) is 0 Å². The van der Waals surface area contributed by atoms with Crippen molar-refractivity contribution in [2.24, 2.45) is 0 Å². The number of ether oxygens (including phenoxy) is 1. The average Bonchev–Trinajstić information content (AvgIpc) is 1.17. The molecule has 0 spiro atoms. The van der Waals surface area contributed by atoms with Crippen molar-refractivity contribution in [3.05, 3.63) is 351 Å². The normalized spacial score (nSPS) is 12.8. The lowest BCUT2D eigenvalue weighted by molar-refractivity contribution is 0.487. The summed E-state index contributed by atoms with van der Waals surface area (Å²) in [5.74, 6) is 1.65. The van der Waals surface area contributed by atoms with E-state index in [0.717, 1.165) is 107 Å². The first-order valence-corrected chi connectivity index (χ1v) is 39.8. The number of para-hydroxylation sites is 3. The second kappa shape index (κ2) is 24.5. The zero-order valence-electron chi connectivity index (χ0n) is 60.1. The SMILES string of the molecule is CC(C)(C)c1ccc2c(c1)c1cc(C(C)(C)C)ccc1n2-c1cc2c3c(c1)N(c1c(-c4ccccc4)cccc1-c1ccccc1)c1cc(Nc4ccc([Si](c5ccccc5)(c5ccccc5)c5ccccc5)cc4)c4c(sc5ccccc54)c1B3c1ccc(-n3c4ccccc4c4ccccc43)cc1O2. The molecule has 1 N–H and O–H groups in total. The van der Waals surface area contributed by atoms with E-state index >= 15 is 0 Å². The summed E-state index contributed by atoms with van der Waals surface area (Å²) >= 11 is 1.90. The van der Waals surface area contributed by atoms with Crippen LogP contribution in [0.3, 0.4) is 0 Å². The van der Waals surface area contributed by atoms with E-state index in [2.05, 4.69) is 401 Å². The first-order valence-electron chi connectivity index (χ1n) is 37.0. The highest BCUT2D eigenvalue weighted by Gasteiger charge is 2.46. The van der Waals surface area contributed by atoms with Crippen molar-refractivity contribution in [3.8, 4) is 45.1 Å². The second-order valence-corrected chi connectivity index (χ2v) is 35.6. The number of hydrogen-bond acceptors (Lipinski definition) is 4. The van der Waals surface area contributed by atoms with Crippen molar-refractivity contribution in [1.29, 1.82) is 0 Å². The zero-order valence-corrected chi connectivity index (χ0v) is 61.9. The van der Waals surface area contributed by atoms with Gasteiger partial charge in [-0.15, -0.1) is 11.3 Å². The minimum absolute atomic E-state index is 0.0807. The van der Waals surface area contributed by atoms with Gasteiger partial charge >= 0.3 is 0 Å². The second-order valence-electron chi connectivity index (χ2n) is 30.8. The Kier molecular flexibility index (Phi) is 14.7. The quantitative estimate of drug-likeness (QED) is 0.104. The molecule has 5 heterocycles. The van der Waals surface area contributed by atoms with E-state index in [4.69, 9.17) is 4.74 Å². The van der Waals surface area contributed by atoms with Crippen molar-refractivity contribution in [3.63, 3.8) is 0 Å². The Morgan fingerprint density at radius 3 is 1.38 bits per heavy atom. The van der Waals surface area contributed by atoms with Crippen LogP contribution in [0.2, 0.25) is 0 Å². The molecule has 0 amide bonds. The molecule has 106 heavy (non-hydrogen) atoms. The average molecular weight is 1400 g/mol. The number of rotatable bonds is 11. The fourth-order valence-electron chi connectivity index (χ4n) is 17.6. The fraction of sp³-hybridized carbons (Fsp3) is 0.0816. The number of thiophene rings is 1. The molecule has 0 unspecified atom stereocenters. The van der Waals surface area contributed by atoms with Gasteiger partial charge in [0.25, 0.3) is 6.71 Å². The lowest BCUT2D eigenvalue weighted by atomic mass is 9.34. The minimum atomic E-state index is -2.86. The zero-order chi connectivity index (χ0) is 71.2. The largest absolute Gasteiger partial charge is 0.458 e. The molecule has 0 saturated carbocycles. The van der Waals surface area contributed by atoms with E-state index in [1.165, 1.54) is 79.1 Å². The van der Waals surface area contributed by atoms with Crippen LogP contribution in [0.5, 0.6) is 11.5 Å². The van der Waals surface area contributed by atoms with Gasteiger partial charge in [0, 0.05) is 93.4 Å². The van der Waals surface area contributed by atoms with Crippen LogP contribution in [0.1, 0.15) is 52.7 Å². The smallest absolute Gasteiger partial charge is 0.258 e. The highest BCUT2D eigenvalue weighted by molar-refractivity contribution is 7.28. The molecule has 3 aromatic heterocycles. The molecule has 0 atom stereocenters. The number of fused-ring (bicyclic) bond motifs is 14. The van der Waals surface area contributed by atoms with Gasteiger partial charge in [0.15, 0.2) is 8.07 Å². The Labute approximate surface area is 623 Å². The summed E-state index contributed by atoms with van der Waals surface area (Å²) in [6.45, 7) is 13.6. The maximum Gasteiger partial charge on any atom is 0.258 e. The summed E-state index contributed by atoms with van der Waals surface area (Å²) in [7, 11) is -2.86. The number of benzene rings is 15. The summed E-state index contributed by atoms with van der Waals surface area (Å²) in [6, 6.07) is 128. The maximum atomic E-state index is 7.94. The number of nitrogens with zero attached hydrogens (tertiary/aromatic N) is 3. The molecule has 2 aliphatic rings. The number of aromatic nitrogens is 2. The van der Waals surface area contributed by atoms with E-state index in [1.807, 2.05) is 11.3 Å². The summed E-state index contributed by atoms with van der Waals surface area (Å²) in [5.41, 5.74) is 22.3.